The van der Waals surface area contributed by atoms with E-state index in [0.29, 0.717) is 10.8 Å². The molecule has 0 saturated heterocycles. The van der Waals surface area contributed by atoms with Crippen LogP contribution in [0.2, 0.25) is 0 Å². The molecule has 0 saturated carbocycles. The predicted molar refractivity (Wildman–Crippen MR) is 138 cm³/mol. The van der Waals surface area contributed by atoms with Crippen molar-refractivity contribution in [3.63, 3.8) is 0 Å². The number of likely N-dealkylation sites (N-methyl/N-ethyl adjacent to an activating group) is 1. The largest absolute Gasteiger partial charge is 0.534 e. The summed E-state index contributed by atoms with van der Waals surface area (Å²) in [7, 11) is 1.43. The number of ether oxygens (including phenoxy) is 2. The number of carbonyl (C=O) groups excluding carboxylic acids is 3. The fourth-order valence-electron chi connectivity index (χ4n) is 3.51. The van der Waals surface area contributed by atoms with Gasteiger partial charge in [-0.25, -0.2) is 14.6 Å². The Hall–Kier alpha value is -3.63. The SMILES string of the molecule is CC(=NOc1ccccc1)C1(N(OC(=O)OC(C)(C)C)C(=O)OC(C)(C)C)C(=O)N(C)N=C1C(C)(C)C. The summed E-state index contributed by atoms with van der Waals surface area (Å²) < 4.78 is 10.9. The van der Waals surface area contributed by atoms with Crippen molar-refractivity contribution in [3.8, 4) is 5.75 Å². The van der Waals surface area contributed by atoms with Crippen molar-refractivity contribution >= 4 is 29.6 Å². The molecule has 1 unspecified atom stereocenters. The molecule has 0 fully saturated rings. The van der Waals surface area contributed by atoms with Crippen molar-refractivity contribution in [2.75, 3.05) is 7.05 Å². The van der Waals surface area contributed by atoms with Gasteiger partial charge in [0.05, 0.1) is 11.4 Å². The zero-order valence-corrected chi connectivity index (χ0v) is 23.5. The molecular weight excluding hydrogens is 480 g/mol. The Balaban J connectivity index is 2.78. The van der Waals surface area contributed by atoms with E-state index in [2.05, 4.69) is 10.3 Å². The van der Waals surface area contributed by atoms with E-state index in [1.807, 2.05) is 6.07 Å². The standard InChI is InChI=1S/C26H38N4O7/c1-17(28-36-18-15-13-12-14-16-18)26(19(23(2,3)4)27-29(11)20(26)31)30(21(32)34-24(5,6)7)37-22(33)35-25(8,9)10/h12-16H,1-11H3. The number of rotatable bonds is 4. The maximum atomic E-state index is 13.9. The lowest BCUT2D eigenvalue weighted by molar-refractivity contribution is -0.169. The molecule has 2 rings (SSSR count). The number of benzene rings is 1. The summed E-state index contributed by atoms with van der Waals surface area (Å²) in [6.45, 7) is 16.7. The minimum Gasteiger partial charge on any atom is -0.442 e. The summed E-state index contributed by atoms with van der Waals surface area (Å²) in [6, 6.07) is 8.67. The zero-order chi connectivity index (χ0) is 28.4. The average molecular weight is 519 g/mol. The summed E-state index contributed by atoms with van der Waals surface area (Å²) >= 11 is 0. The van der Waals surface area contributed by atoms with Crippen LogP contribution in [-0.2, 0) is 19.1 Å². The van der Waals surface area contributed by atoms with E-state index < -0.39 is 40.3 Å². The molecule has 2 amide bonds. The van der Waals surface area contributed by atoms with E-state index in [9.17, 15) is 14.4 Å². The Kier molecular flexibility index (Phi) is 8.31. The van der Waals surface area contributed by atoms with Crippen LogP contribution in [0.15, 0.2) is 40.6 Å². The Bertz CT molecular complexity index is 1080. The molecule has 1 heterocycles. The lowest BCUT2D eigenvalue weighted by Gasteiger charge is -2.40. The fourth-order valence-corrected chi connectivity index (χ4v) is 3.51. The van der Waals surface area contributed by atoms with Crippen LogP contribution in [0.3, 0.4) is 0 Å². The molecule has 37 heavy (non-hydrogen) atoms. The highest BCUT2D eigenvalue weighted by molar-refractivity contribution is 6.35. The molecular formula is C26H38N4O7. The number of hydrazone groups is 1. The molecule has 1 aromatic rings. The quantitative estimate of drug-likeness (QED) is 0.307. The molecule has 0 N–H and O–H groups in total. The van der Waals surface area contributed by atoms with Crippen molar-refractivity contribution in [1.82, 2.24) is 10.1 Å². The van der Waals surface area contributed by atoms with Gasteiger partial charge in [-0.05, 0) is 60.6 Å². The number of hydrogen-bond donors (Lipinski definition) is 0. The normalized spacial score (nSPS) is 18.8. The van der Waals surface area contributed by atoms with Gasteiger partial charge in [-0.2, -0.15) is 5.10 Å². The number of hydrogen-bond acceptors (Lipinski definition) is 9. The lowest BCUT2D eigenvalue weighted by atomic mass is 9.74. The van der Waals surface area contributed by atoms with Gasteiger partial charge in [0.1, 0.15) is 11.2 Å². The van der Waals surface area contributed by atoms with Crippen LogP contribution in [0.25, 0.3) is 0 Å². The number of para-hydroxylation sites is 1. The second-order valence-electron chi connectivity index (χ2n) is 11.6. The highest BCUT2D eigenvalue weighted by Crippen LogP contribution is 2.38. The maximum absolute atomic E-state index is 13.9. The number of hydroxylamine groups is 2. The fraction of sp³-hybridized carbons (Fsp3) is 0.577. The van der Waals surface area contributed by atoms with Gasteiger partial charge in [0.25, 0.3) is 5.91 Å². The third-order valence-corrected chi connectivity index (χ3v) is 4.88. The topological polar surface area (TPSA) is 119 Å². The van der Waals surface area contributed by atoms with Gasteiger partial charge in [0.2, 0.25) is 5.54 Å². The molecule has 11 heteroatoms. The number of amides is 2. The predicted octanol–water partition coefficient (Wildman–Crippen LogP) is 5.16. The first-order valence-corrected chi connectivity index (χ1v) is 11.9. The summed E-state index contributed by atoms with van der Waals surface area (Å²) in [5.74, 6) is -0.313. The summed E-state index contributed by atoms with van der Waals surface area (Å²) in [5.41, 5.74) is -4.70. The van der Waals surface area contributed by atoms with Gasteiger partial charge < -0.3 is 14.3 Å². The third-order valence-electron chi connectivity index (χ3n) is 4.88. The van der Waals surface area contributed by atoms with Gasteiger partial charge in [0.15, 0.2) is 5.75 Å². The number of carbonyl (C=O) groups is 3. The van der Waals surface area contributed by atoms with Crippen LogP contribution >= 0.6 is 0 Å². The summed E-state index contributed by atoms with van der Waals surface area (Å²) in [4.78, 5) is 51.4. The van der Waals surface area contributed by atoms with Crippen molar-refractivity contribution < 1.29 is 33.5 Å². The molecule has 1 aliphatic rings. The van der Waals surface area contributed by atoms with Crippen LogP contribution in [0, 0.1) is 5.41 Å². The van der Waals surface area contributed by atoms with Crippen molar-refractivity contribution in [3.05, 3.63) is 30.3 Å². The molecule has 0 aromatic heterocycles. The van der Waals surface area contributed by atoms with Gasteiger partial charge >= 0.3 is 12.2 Å². The Morgan fingerprint density at radius 1 is 0.946 bits per heavy atom. The molecule has 1 atom stereocenters. The van der Waals surface area contributed by atoms with Crippen LogP contribution in [0.5, 0.6) is 5.75 Å². The molecule has 1 aliphatic heterocycles. The maximum Gasteiger partial charge on any atom is 0.534 e. The van der Waals surface area contributed by atoms with Gasteiger partial charge in [-0.1, -0.05) is 44.1 Å². The number of nitrogens with zero attached hydrogens (tertiary/aromatic N) is 4. The third kappa shape index (κ3) is 6.99. The molecule has 1 aromatic carbocycles. The van der Waals surface area contributed by atoms with Gasteiger partial charge in [-0.3, -0.25) is 9.63 Å². The second kappa shape index (κ2) is 10.4. The van der Waals surface area contributed by atoms with E-state index in [0.717, 1.165) is 5.01 Å². The Morgan fingerprint density at radius 2 is 1.49 bits per heavy atom. The molecule has 0 bridgehead atoms. The number of oxime groups is 1. The van der Waals surface area contributed by atoms with E-state index >= 15 is 0 Å². The second-order valence-corrected chi connectivity index (χ2v) is 11.6. The van der Waals surface area contributed by atoms with Crippen LogP contribution < -0.4 is 4.84 Å². The highest BCUT2D eigenvalue weighted by atomic mass is 16.8. The Labute approximate surface area is 218 Å². The van der Waals surface area contributed by atoms with Gasteiger partial charge in [0, 0.05) is 12.5 Å². The lowest BCUT2D eigenvalue weighted by Crippen LogP contribution is -2.68. The van der Waals surface area contributed by atoms with E-state index in [4.69, 9.17) is 19.1 Å². The first-order chi connectivity index (χ1) is 16.8. The molecule has 0 radical (unpaired) electrons. The zero-order valence-electron chi connectivity index (χ0n) is 23.5. The minimum atomic E-state index is -2.12. The van der Waals surface area contributed by atoms with E-state index in [1.54, 1.807) is 86.6 Å². The molecule has 0 spiro atoms. The molecule has 11 nitrogen and oxygen atoms in total. The Morgan fingerprint density at radius 3 is 1.97 bits per heavy atom. The summed E-state index contributed by atoms with van der Waals surface area (Å²) in [5, 5.41) is 10.2. The van der Waals surface area contributed by atoms with E-state index in [-0.39, 0.29) is 11.4 Å². The highest BCUT2D eigenvalue weighted by Gasteiger charge is 2.65. The molecule has 0 aliphatic carbocycles. The van der Waals surface area contributed by atoms with E-state index in [1.165, 1.54) is 14.0 Å². The monoisotopic (exact) mass is 518 g/mol. The van der Waals surface area contributed by atoms with Crippen molar-refractivity contribution in [1.29, 1.82) is 0 Å². The van der Waals surface area contributed by atoms with Gasteiger partial charge in [-0.15, -0.1) is 5.06 Å². The smallest absolute Gasteiger partial charge is 0.442 e. The molecule has 204 valence electrons. The van der Waals surface area contributed by atoms with Crippen molar-refractivity contribution in [2.45, 2.75) is 86.0 Å². The van der Waals surface area contributed by atoms with Crippen LogP contribution in [-0.4, -0.2) is 63.4 Å². The van der Waals surface area contributed by atoms with Crippen molar-refractivity contribution in [2.24, 2.45) is 15.7 Å². The first-order valence-electron chi connectivity index (χ1n) is 11.9. The van der Waals surface area contributed by atoms with Crippen LogP contribution in [0.4, 0.5) is 9.59 Å². The minimum absolute atomic E-state index is 0.0196. The average Bonchev–Trinajstić information content (AvgIpc) is 3.00. The van der Waals surface area contributed by atoms with Crippen LogP contribution in [0.1, 0.15) is 69.2 Å². The summed E-state index contributed by atoms with van der Waals surface area (Å²) in [6.07, 6.45) is -2.33. The first kappa shape index (κ1) is 29.6.